The van der Waals surface area contributed by atoms with Gasteiger partial charge in [0.05, 0.1) is 6.61 Å². The molecule has 0 spiro atoms. The molecule has 0 aliphatic carbocycles. The molecule has 0 heterocycles. The molecule has 1 aromatic carbocycles. The van der Waals surface area contributed by atoms with Crippen LogP contribution < -0.4 is 15.4 Å². The second-order valence-corrected chi connectivity index (χ2v) is 5.39. The lowest BCUT2D eigenvalue weighted by molar-refractivity contribution is 0.311. The Labute approximate surface area is 139 Å². The average molecular weight is 391 g/mol. The van der Waals surface area contributed by atoms with Crippen LogP contribution in [-0.2, 0) is 0 Å². The van der Waals surface area contributed by atoms with Crippen LogP contribution in [0.5, 0.6) is 5.75 Å². The summed E-state index contributed by atoms with van der Waals surface area (Å²) < 4.78 is 5.62. The predicted octanol–water partition coefficient (Wildman–Crippen LogP) is 3.04. The number of para-hydroxylation sites is 1. The van der Waals surface area contributed by atoms with Gasteiger partial charge in [0.1, 0.15) is 5.75 Å². The molecular formula is C15H26IN3O. The van der Waals surface area contributed by atoms with Crippen molar-refractivity contribution in [3.8, 4) is 5.75 Å². The second kappa shape index (κ2) is 9.85. The maximum atomic E-state index is 5.62. The van der Waals surface area contributed by atoms with E-state index < -0.39 is 0 Å². The highest BCUT2D eigenvalue weighted by molar-refractivity contribution is 14.0. The van der Waals surface area contributed by atoms with Gasteiger partial charge in [-0.3, -0.25) is 4.99 Å². The molecule has 0 fully saturated rings. The van der Waals surface area contributed by atoms with E-state index in [0.29, 0.717) is 6.61 Å². The molecule has 0 atom stereocenters. The number of halogens is 1. The highest BCUT2D eigenvalue weighted by atomic mass is 127. The minimum absolute atomic E-state index is 0. The van der Waals surface area contributed by atoms with Crippen LogP contribution in [0.4, 0.5) is 0 Å². The van der Waals surface area contributed by atoms with Gasteiger partial charge >= 0.3 is 0 Å². The van der Waals surface area contributed by atoms with Crippen LogP contribution in [0.2, 0.25) is 0 Å². The molecule has 0 unspecified atom stereocenters. The smallest absolute Gasteiger partial charge is 0.191 e. The fourth-order valence-electron chi connectivity index (χ4n) is 1.52. The largest absolute Gasteiger partial charge is 0.494 e. The Kier molecular flexibility index (Phi) is 9.37. The molecule has 1 aromatic rings. The van der Waals surface area contributed by atoms with Crippen LogP contribution in [0.3, 0.4) is 0 Å². The lowest BCUT2D eigenvalue weighted by Gasteiger charge is -2.23. The zero-order valence-corrected chi connectivity index (χ0v) is 15.1. The summed E-state index contributed by atoms with van der Waals surface area (Å²) >= 11 is 0. The average Bonchev–Trinajstić information content (AvgIpc) is 2.37. The molecule has 4 nitrogen and oxygen atoms in total. The van der Waals surface area contributed by atoms with E-state index in [-0.39, 0.29) is 29.5 Å². The SMILES string of the molecule is CN=C(NCCCOc1ccccc1)NC(C)(C)C.I. The molecule has 0 aliphatic rings. The quantitative estimate of drug-likeness (QED) is 0.351. The van der Waals surface area contributed by atoms with Crippen LogP contribution in [0.15, 0.2) is 35.3 Å². The number of hydrogen-bond donors (Lipinski definition) is 2. The van der Waals surface area contributed by atoms with Crippen LogP contribution in [0, 0.1) is 0 Å². The third-order valence-electron chi connectivity index (χ3n) is 2.34. The first-order valence-electron chi connectivity index (χ1n) is 6.68. The van der Waals surface area contributed by atoms with Gasteiger partial charge in [-0.25, -0.2) is 0 Å². The molecule has 114 valence electrons. The van der Waals surface area contributed by atoms with E-state index in [9.17, 15) is 0 Å². The Morgan fingerprint density at radius 3 is 2.40 bits per heavy atom. The van der Waals surface area contributed by atoms with Crippen molar-refractivity contribution in [2.45, 2.75) is 32.7 Å². The third kappa shape index (κ3) is 9.01. The first kappa shape index (κ1) is 19.0. The van der Waals surface area contributed by atoms with Crippen LogP contribution in [0.25, 0.3) is 0 Å². The number of guanidine groups is 1. The molecule has 0 saturated heterocycles. The number of nitrogens with one attached hydrogen (secondary N) is 2. The zero-order chi connectivity index (χ0) is 14.1. The molecule has 0 bridgehead atoms. The van der Waals surface area contributed by atoms with Gasteiger partial charge in [0.15, 0.2) is 5.96 Å². The van der Waals surface area contributed by atoms with E-state index >= 15 is 0 Å². The summed E-state index contributed by atoms with van der Waals surface area (Å²) in [7, 11) is 1.78. The third-order valence-corrected chi connectivity index (χ3v) is 2.34. The first-order chi connectivity index (χ1) is 9.01. The summed E-state index contributed by atoms with van der Waals surface area (Å²) in [5.74, 6) is 1.74. The van der Waals surface area contributed by atoms with E-state index in [0.717, 1.165) is 24.7 Å². The first-order valence-corrected chi connectivity index (χ1v) is 6.68. The Balaban J connectivity index is 0.00000361. The van der Waals surface area contributed by atoms with E-state index in [1.54, 1.807) is 7.05 Å². The molecule has 20 heavy (non-hydrogen) atoms. The maximum Gasteiger partial charge on any atom is 0.191 e. The molecule has 1 rings (SSSR count). The molecular weight excluding hydrogens is 365 g/mol. The highest BCUT2D eigenvalue weighted by Crippen LogP contribution is 2.08. The summed E-state index contributed by atoms with van der Waals surface area (Å²) in [6.45, 7) is 7.86. The minimum atomic E-state index is 0. The normalized spacial score (nSPS) is 11.5. The summed E-state index contributed by atoms with van der Waals surface area (Å²) in [6, 6.07) is 9.86. The van der Waals surface area contributed by atoms with Gasteiger partial charge < -0.3 is 15.4 Å². The molecule has 5 heteroatoms. The Hall–Kier alpha value is -0.980. The fraction of sp³-hybridized carbons (Fsp3) is 0.533. The van der Waals surface area contributed by atoms with Crippen molar-refractivity contribution >= 4 is 29.9 Å². The Bertz CT molecular complexity index is 388. The number of benzene rings is 1. The van der Waals surface area contributed by atoms with Crippen molar-refractivity contribution in [1.29, 1.82) is 0 Å². The van der Waals surface area contributed by atoms with Crippen molar-refractivity contribution in [2.24, 2.45) is 4.99 Å². The predicted molar refractivity (Wildman–Crippen MR) is 96.2 cm³/mol. The summed E-state index contributed by atoms with van der Waals surface area (Å²) in [5, 5.41) is 6.58. The Morgan fingerprint density at radius 1 is 1.20 bits per heavy atom. The molecule has 0 aromatic heterocycles. The summed E-state index contributed by atoms with van der Waals surface area (Å²) in [4.78, 5) is 4.18. The summed E-state index contributed by atoms with van der Waals surface area (Å²) in [5.41, 5.74) is 0.0163. The van der Waals surface area contributed by atoms with Crippen LogP contribution >= 0.6 is 24.0 Å². The monoisotopic (exact) mass is 391 g/mol. The van der Waals surface area contributed by atoms with Gasteiger partial charge in [-0.05, 0) is 39.3 Å². The zero-order valence-electron chi connectivity index (χ0n) is 12.8. The standard InChI is InChI=1S/C15H25N3O.HI/c1-15(2,3)18-14(16-4)17-11-8-12-19-13-9-6-5-7-10-13;/h5-7,9-10H,8,11-12H2,1-4H3,(H2,16,17,18);1H. The van der Waals surface area contributed by atoms with Gasteiger partial charge in [-0.1, -0.05) is 18.2 Å². The molecule has 0 saturated carbocycles. The topological polar surface area (TPSA) is 45.7 Å². The highest BCUT2D eigenvalue weighted by Gasteiger charge is 2.10. The molecule has 0 radical (unpaired) electrons. The number of nitrogens with zero attached hydrogens (tertiary/aromatic N) is 1. The number of rotatable bonds is 5. The molecule has 2 N–H and O–H groups in total. The lowest BCUT2D eigenvalue weighted by atomic mass is 10.1. The van der Waals surface area contributed by atoms with Gasteiger partial charge in [-0.15, -0.1) is 24.0 Å². The van der Waals surface area contributed by atoms with E-state index in [1.165, 1.54) is 0 Å². The van der Waals surface area contributed by atoms with Gasteiger partial charge in [0.2, 0.25) is 0 Å². The maximum absolute atomic E-state index is 5.62. The van der Waals surface area contributed by atoms with E-state index in [1.807, 2.05) is 30.3 Å². The van der Waals surface area contributed by atoms with Crippen molar-refractivity contribution in [3.05, 3.63) is 30.3 Å². The van der Waals surface area contributed by atoms with Crippen molar-refractivity contribution in [1.82, 2.24) is 10.6 Å². The lowest BCUT2D eigenvalue weighted by Crippen LogP contribution is -2.47. The molecule has 0 amide bonds. The van der Waals surface area contributed by atoms with Crippen molar-refractivity contribution < 1.29 is 4.74 Å². The fourth-order valence-corrected chi connectivity index (χ4v) is 1.52. The van der Waals surface area contributed by atoms with Crippen LogP contribution in [-0.4, -0.2) is 31.7 Å². The Morgan fingerprint density at radius 2 is 1.85 bits per heavy atom. The minimum Gasteiger partial charge on any atom is -0.494 e. The van der Waals surface area contributed by atoms with E-state index in [4.69, 9.17) is 4.74 Å². The summed E-state index contributed by atoms with van der Waals surface area (Å²) in [6.07, 6.45) is 0.930. The van der Waals surface area contributed by atoms with Gasteiger partial charge in [0, 0.05) is 19.1 Å². The second-order valence-electron chi connectivity index (χ2n) is 5.39. The van der Waals surface area contributed by atoms with Crippen molar-refractivity contribution in [2.75, 3.05) is 20.2 Å². The number of hydrogen-bond acceptors (Lipinski definition) is 2. The van der Waals surface area contributed by atoms with Gasteiger partial charge in [0.25, 0.3) is 0 Å². The molecule has 0 aliphatic heterocycles. The number of ether oxygens (including phenoxy) is 1. The van der Waals surface area contributed by atoms with E-state index in [2.05, 4.69) is 36.4 Å². The van der Waals surface area contributed by atoms with Crippen molar-refractivity contribution in [3.63, 3.8) is 0 Å². The van der Waals surface area contributed by atoms with Crippen LogP contribution in [0.1, 0.15) is 27.2 Å². The van der Waals surface area contributed by atoms with Gasteiger partial charge in [-0.2, -0.15) is 0 Å². The number of aliphatic imine (C=N–C) groups is 1.